The molecule has 0 aliphatic heterocycles. The second-order valence-corrected chi connectivity index (χ2v) is 7.18. The zero-order valence-electron chi connectivity index (χ0n) is 15.6. The highest BCUT2D eigenvalue weighted by molar-refractivity contribution is 6.33. The Morgan fingerprint density at radius 2 is 1.56 bits per heavy atom. The second-order valence-electron chi connectivity index (χ2n) is 6.77. The Balaban J connectivity index is 1.72. The number of nitrogens with two attached hydrogens (primary N) is 1. The quantitative estimate of drug-likeness (QED) is 0.660. The zero-order valence-corrected chi connectivity index (χ0v) is 16.3. The van der Waals surface area contributed by atoms with Gasteiger partial charge in [-0.05, 0) is 31.5 Å². The van der Waals surface area contributed by atoms with Crippen molar-refractivity contribution in [3.05, 3.63) is 100 Å². The molecule has 1 atom stereocenters. The first-order valence-electron chi connectivity index (χ1n) is 9.04. The van der Waals surface area contributed by atoms with Crippen molar-refractivity contribution in [1.82, 2.24) is 0 Å². The van der Waals surface area contributed by atoms with Crippen molar-refractivity contribution in [2.45, 2.75) is 19.9 Å². The van der Waals surface area contributed by atoms with E-state index in [4.69, 9.17) is 11.6 Å². The number of quaternary nitrogens is 1. The topological polar surface area (TPSA) is 45.7 Å². The maximum absolute atomic E-state index is 12.5. The number of nitrogens with one attached hydrogen (secondary N) is 1. The van der Waals surface area contributed by atoms with Gasteiger partial charge in [-0.3, -0.25) is 4.79 Å². The zero-order chi connectivity index (χ0) is 19.2. The van der Waals surface area contributed by atoms with Gasteiger partial charge >= 0.3 is 0 Å². The van der Waals surface area contributed by atoms with Gasteiger partial charge in [-0.15, -0.1) is 0 Å². The molecule has 0 saturated carbocycles. The van der Waals surface area contributed by atoms with Crippen molar-refractivity contribution >= 4 is 23.2 Å². The van der Waals surface area contributed by atoms with Crippen LogP contribution in [0.2, 0.25) is 5.02 Å². The molecule has 0 radical (unpaired) electrons. The molecule has 3 rings (SSSR count). The van der Waals surface area contributed by atoms with Crippen molar-refractivity contribution in [2.24, 2.45) is 0 Å². The summed E-state index contributed by atoms with van der Waals surface area (Å²) in [5.41, 5.74) is 5.27. The third-order valence-electron chi connectivity index (χ3n) is 4.53. The first kappa shape index (κ1) is 19.2. The summed E-state index contributed by atoms with van der Waals surface area (Å²) in [5.74, 6) is -0.0752. The predicted molar refractivity (Wildman–Crippen MR) is 111 cm³/mol. The van der Waals surface area contributed by atoms with Crippen LogP contribution in [0.15, 0.2) is 72.8 Å². The van der Waals surface area contributed by atoms with E-state index in [1.54, 1.807) is 0 Å². The number of halogens is 1. The average molecular weight is 380 g/mol. The summed E-state index contributed by atoms with van der Waals surface area (Å²) in [7, 11) is 0. The Morgan fingerprint density at radius 3 is 2.22 bits per heavy atom. The summed E-state index contributed by atoms with van der Waals surface area (Å²) in [6.45, 7) is 4.35. The minimum atomic E-state index is -0.0752. The molecule has 0 aromatic heterocycles. The Hall–Kier alpha value is -2.62. The fourth-order valence-corrected chi connectivity index (χ4v) is 3.33. The van der Waals surface area contributed by atoms with Crippen LogP contribution in [0.5, 0.6) is 0 Å². The normalized spacial score (nSPS) is 11.8. The van der Waals surface area contributed by atoms with Gasteiger partial charge in [-0.25, -0.2) is 0 Å². The Labute approximate surface area is 165 Å². The number of carbonyl (C=O) groups is 1. The molecule has 3 N–H and O–H groups in total. The van der Waals surface area contributed by atoms with Crippen LogP contribution < -0.4 is 10.6 Å². The van der Waals surface area contributed by atoms with Crippen LogP contribution in [0.1, 0.15) is 28.3 Å². The number of rotatable bonds is 6. The van der Waals surface area contributed by atoms with Crippen molar-refractivity contribution < 1.29 is 10.1 Å². The van der Waals surface area contributed by atoms with Crippen molar-refractivity contribution in [2.75, 3.05) is 11.9 Å². The van der Waals surface area contributed by atoms with Crippen molar-refractivity contribution in [1.29, 1.82) is 0 Å². The molecule has 1 amide bonds. The van der Waals surface area contributed by atoms with Gasteiger partial charge in [-0.2, -0.15) is 0 Å². The van der Waals surface area contributed by atoms with Gasteiger partial charge in [0.2, 0.25) is 0 Å². The molecule has 0 aliphatic rings. The molecule has 3 aromatic rings. The second kappa shape index (κ2) is 8.85. The third-order valence-corrected chi connectivity index (χ3v) is 4.85. The minimum Gasteiger partial charge on any atom is -0.328 e. The summed E-state index contributed by atoms with van der Waals surface area (Å²) in [6.07, 6.45) is 0. The van der Waals surface area contributed by atoms with Gasteiger partial charge in [-0.1, -0.05) is 77.8 Å². The lowest BCUT2D eigenvalue weighted by atomic mass is 9.98. The number of anilines is 1. The number of hydrogen-bond acceptors (Lipinski definition) is 1. The summed E-state index contributed by atoms with van der Waals surface area (Å²) in [6, 6.07) is 24.4. The van der Waals surface area contributed by atoms with E-state index in [2.05, 4.69) is 54.0 Å². The molecule has 0 unspecified atom stereocenters. The van der Waals surface area contributed by atoms with Gasteiger partial charge in [0, 0.05) is 11.1 Å². The Bertz CT molecular complexity index is 907. The molecule has 3 nitrogen and oxygen atoms in total. The lowest BCUT2D eigenvalue weighted by molar-refractivity contribution is -0.676. The molecular weight excluding hydrogens is 356 g/mol. The van der Waals surface area contributed by atoms with E-state index in [1.807, 2.05) is 43.3 Å². The predicted octanol–water partition coefficient (Wildman–Crippen LogP) is 4.25. The highest BCUT2D eigenvalue weighted by Gasteiger charge is 2.19. The van der Waals surface area contributed by atoms with Gasteiger partial charge in [0.1, 0.15) is 6.04 Å². The summed E-state index contributed by atoms with van der Waals surface area (Å²) in [5, 5.41) is 5.51. The largest absolute Gasteiger partial charge is 0.328 e. The fourth-order valence-electron chi connectivity index (χ4n) is 3.05. The molecule has 3 aromatic carbocycles. The van der Waals surface area contributed by atoms with Crippen LogP contribution in [-0.4, -0.2) is 12.5 Å². The molecule has 0 heterocycles. The Kier molecular flexibility index (Phi) is 6.28. The smallest absolute Gasteiger partial charge is 0.279 e. The Morgan fingerprint density at radius 1 is 0.926 bits per heavy atom. The van der Waals surface area contributed by atoms with Gasteiger partial charge in [0.25, 0.3) is 5.91 Å². The van der Waals surface area contributed by atoms with Crippen LogP contribution in [0.3, 0.4) is 0 Å². The summed E-state index contributed by atoms with van der Waals surface area (Å²) < 4.78 is 0. The first-order chi connectivity index (χ1) is 13.0. The molecule has 0 aliphatic carbocycles. The molecule has 0 fully saturated rings. The third kappa shape index (κ3) is 5.19. The van der Waals surface area contributed by atoms with Gasteiger partial charge in [0.15, 0.2) is 6.54 Å². The highest BCUT2D eigenvalue weighted by Crippen LogP contribution is 2.22. The maximum Gasteiger partial charge on any atom is 0.279 e. The lowest BCUT2D eigenvalue weighted by Gasteiger charge is -2.17. The maximum atomic E-state index is 12.5. The summed E-state index contributed by atoms with van der Waals surface area (Å²) >= 11 is 6.22. The monoisotopic (exact) mass is 379 g/mol. The molecule has 0 bridgehead atoms. The first-order valence-corrected chi connectivity index (χ1v) is 9.41. The van der Waals surface area contributed by atoms with Crippen LogP contribution in [0, 0.1) is 13.8 Å². The minimum absolute atomic E-state index is 0.0611. The molecular formula is C23H24ClN2O+. The fraction of sp³-hybridized carbons (Fsp3) is 0.174. The van der Waals surface area contributed by atoms with E-state index in [1.165, 1.54) is 16.7 Å². The van der Waals surface area contributed by atoms with E-state index in [9.17, 15) is 4.79 Å². The molecule has 0 saturated heterocycles. The molecule has 27 heavy (non-hydrogen) atoms. The number of benzene rings is 3. The number of aryl methyl sites for hydroxylation is 2. The van der Waals surface area contributed by atoms with Crippen LogP contribution in [0.4, 0.5) is 5.69 Å². The van der Waals surface area contributed by atoms with E-state index < -0.39 is 0 Å². The van der Waals surface area contributed by atoms with Gasteiger partial charge < -0.3 is 10.6 Å². The van der Waals surface area contributed by atoms with Crippen LogP contribution >= 0.6 is 11.6 Å². The van der Waals surface area contributed by atoms with Crippen LogP contribution in [-0.2, 0) is 4.79 Å². The molecule has 0 spiro atoms. The van der Waals surface area contributed by atoms with E-state index in [0.29, 0.717) is 17.3 Å². The average Bonchev–Trinajstić information content (AvgIpc) is 2.66. The standard InChI is InChI=1S/C23H23ClN2O/c1-16-8-11-19(12-9-16)23(18-6-4-3-5-7-18)25-15-22(27)26-21-13-10-17(2)14-20(21)24/h3-14,23,25H,15H2,1-2H3,(H,26,27)/p+1/t23-/m0/s1. The molecule has 138 valence electrons. The lowest BCUT2D eigenvalue weighted by Crippen LogP contribution is -2.87. The van der Waals surface area contributed by atoms with Crippen molar-refractivity contribution in [3.63, 3.8) is 0 Å². The summed E-state index contributed by atoms with van der Waals surface area (Å²) in [4.78, 5) is 12.5. The van der Waals surface area contributed by atoms with E-state index in [0.717, 1.165) is 5.56 Å². The van der Waals surface area contributed by atoms with E-state index in [-0.39, 0.29) is 11.9 Å². The number of amides is 1. The number of hydrogen-bond donors (Lipinski definition) is 2. The van der Waals surface area contributed by atoms with Crippen molar-refractivity contribution in [3.8, 4) is 0 Å². The highest BCUT2D eigenvalue weighted by atomic mass is 35.5. The number of carbonyl (C=O) groups excluding carboxylic acids is 1. The SMILES string of the molecule is Cc1ccc([C@@H]([NH2+]CC(=O)Nc2ccc(C)cc2Cl)c2ccccc2)cc1. The van der Waals surface area contributed by atoms with Crippen LogP contribution in [0.25, 0.3) is 0 Å². The van der Waals surface area contributed by atoms with E-state index >= 15 is 0 Å². The van der Waals surface area contributed by atoms with Gasteiger partial charge in [0.05, 0.1) is 10.7 Å². The molecule has 4 heteroatoms.